The number of aryl methyl sites for hydroxylation is 1. The largest absolute Gasteiger partial charge is 0.357 e. The summed E-state index contributed by atoms with van der Waals surface area (Å²) < 4.78 is 1.38. The van der Waals surface area contributed by atoms with Gasteiger partial charge < -0.3 is 10.1 Å². The number of benzene rings is 2. The highest BCUT2D eigenvalue weighted by atomic mass is 16.2. The van der Waals surface area contributed by atoms with Crippen molar-refractivity contribution in [3.05, 3.63) is 75.3 Å². The Bertz CT molecular complexity index is 1370. The molecule has 1 unspecified atom stereocenters. The van der Waals surface area contributed by atoms with E-state index < -0.39 is 6.04 Å². The van der Waals surface area contributed by atoms with Gasteiger partial charge in [0.05, 0.1) is 16.5 Å². The summed E-state index contributed by atoms with van der Waals surface area (Å²) in [6, 6.07) is 12.9. The van der Waals surface area contributed by atoms with Crippen molar-refractivity contribution in [2.24, 2.45) is 0 Å². The van der Waals surface area contributed by atoms with Gasteiger partial charge in [-0.05, 0) is 69.1 Å². The van der Waals surface area contributed by atoms with Crippen molar-refractivity contribution in [2.45, 2.75) is 58.0 Å². The van der Waals surface area contributed by atoms with Crippen molar-refractivity contribution in [1.82, 2.24) is 19.8 Å². The van der Waals surface area contributed by atoms with Gasteiger partial charge in [0, 0.05) is 25.6 Å². The highest BCUT2D eigenvalue weighted by Crippen LogP contribution is 2.19. The maximum Gasteiger partial charge on any atom is 0.262 e. The molecule has 0 saturated carbocycles. The first-order valence-electron chi connectivity index (χ1n) is 13.0. The maximum atomic E-state index is 13.4. The zero-order valence-corrected chi connectivity index (χ0v) is 21.6. The van der Waals surface area contributed by atoms with E-state index in [0.717, 1.165) is 31.5 Å². The molecule has 0 bridgehead atoms. The number of nitrogens with one attached hydrogen (secondary N) is 1. The number of carbonyl (C=O) groups excluding carboxylic acids is 2. The fourth-order valence-corrected chi connectivity index (χ4v) is 4.95. The lowest BCUT2D eigenvalue weighted by Gasteiger charge is -2.20. The molecule has 1 aliphatic rings. The molecule has 4 rings (SSSR count). The summed E-state index contributed by atoms with van der Waals surface area (Å²) in [5.41, 5.74) is 3.04. The monoisotopic (exact) mass is 498 g/mol. The van der Waals surface area contributed by atoms with Gasteiger partial charge in [-0.1, -0.05) is 42.9 Å². The van der Waals surface area contributed by atoms with Crippen LogP contribution in [0.25, 0.3) is 10.9 Å². The van der Waals surface area contributed by atoms with Gasteiger partial charge in [0.25, 0.3) is 5.56 Å². The van der Waals surface area contributed by atoms with E-state index in [1.807, 2.05) is 18.2 Å². The summed E-state index contributed by atoms with van der Waals surface area (Å²) in [7, 11) is 1.51. The summed E-state index contributed by atoms with van der Waals surface area (Å²) >= 11 is 0. The topological polar surface area (TPSA) is 84.3 Å². The summed E-state index contributed by atoms with van der Waals surface area (Å²) in [6.45, 7) is 5.00. The number of aromatic nitrogens is 2. The molecule has 1 N–H and O–H groups in total. The second-order valence-corrected chi connectivity index (χ2v) is 9.55. The van der Waals surface area contributed by atoms with Crippen molar-refractivity contribution in [3.63, 3.8) is 0 Å². The third-order valence-corrected chi connectivity index (χ3v) is 6.93. The van der Waals surface area contributed by atoms with Crippen molar-refractivity contribution < 1.29 is 9.59 Å². The standard InChI is InChI=1S/C30H34N4O3/c1-22-32-28-25(9-7-10-26(28)30(37)34(22)27(11-8-20-35)29(36)31-2)17-16-23-12-14-24(15-13-23)21-33-18-5-3-4-6-19-33/h7,9-10,12-15,20,27H,3-6,8,11,18-19,21H2,1-2H3,(H,31,36). The van der Waals surface area contributed by atoms with Crippen molar-refractivity contribution >= 4 is 23.1 Å². The first-order chi connectivity index (χ1) is 18.0. The van der Waals surface area contributed by atoms with Crippen LogP contribution in [-0.4, -0.2) is 46.8 Å². The SMILES string of the molecule is CNC(=O)C(CCC=O)n1c(C)nc2c(C#Cc3ccc(CN4CCCCCC4)cc3)cccc2c1=O. The number of rotatable bonds is 7. The molecule has 1 saturated heterocycles. The smallest absolute Gasteiger partial charge is 0.262 e. The number of likely N-dealkylation sites (N-methyl/N-ethyl adjacent to an activating group) is 1. The first-order valence-corrected chi connectivity index (χ1v) is 13.0. The number of hydrogen-bond acceptors (Lipinski definition) is 5. The van der Waals surface area contributed by atoms with E-state index in [9.17, 15) is 14.4 Å². The molecule has 0 spiro atoms. The normalized spacial score (nSPS) is 14.9. The molecule has 1 aromatic heterocycles. The first kappa shape index (κ1) is 26.3. The van der Waals surface area contributed by atoms with E-state index in [-0.39, 0.29) is 24.3 Å². The van der Waals surface area contributed by atoms with E-state index in [4.69, 9.17) is 0 Å². The molecule has 37 heavy (non-hydrogen) atoms. The molecule has 2 heterocycles. The number of hydrogen-bond donors (Lipinski definition) is 1. The molecule has 1 atom stereocenters. The number of nitrogens with zero attached hydrogens (tertiary/aromatic N) is 3. The fraction of sp³-hybridized carbons (Fsp3) is 0.400. The van der Waals surface area contributed by atoms with E-state index >= 15 is 0 Å². The van der Waals surface area contributed by atoms with Crippen LogP contribution in [0.4, 0.5) is 0 Å². The number of carbonyl (C=O) groups is 2. The van der Waals surface area contributed by atoms with Gasteiger partial charge in [0.1, 0.15) is 18.2 Å². The van der Waals surface area contributed by atoms with Gasteiger partial charge in [0.15, 0.2) is 0 Å². The Balaban J connectivity index is 1.61. The Morgan fingerprint density at radius 3 is 2.49 bits per heavy atom. The van der Waals surface area contributed by atoms with Crippen LogP contribution in [-0.2, 0) is 16.1 Å². The molecule has 3 aromatic rings. The van der Waals surface area contributed by atoms with Gasteiger partial charge in [-0.3, -0.25) is 19.1 Å². The van der Waals surface area contributed by atoms with E-state index in [1.54, 1.807) is 19.1 Å². The summed E-state index contributed by atoms with van der Waals surface area (Å²) in [6.07, 6.45) is 6.36. The summed E-state index contributed by atoms with van der Waals surface area (Å²) in [4.78, 5) is 44.1. The summed E-state index contributed by atoms with van der Waals surface area (Å²) in [5.74, 6) is 6.47. The number of aldehydes is 1. The van der Waals surface area contributed by atoms with Crippen molar-refractivity contribution in [1.29, 1.82) is 0 Å². The van der Waals surface area contributed by atoms with Crippen LogP contribution in [0.15, 0.2) is 47.3 Å². The third kappa shape index (κ3) is 6.33. The maximum absolute atomic E-state index is 13.4. The second kappa shape index (κ2) is 12.5. The van der Waals surface area contributed by atoms with Gasteiger partial charge >= 0.3 is 0 Å². The number of amides is 1. The van der Waals surface area contributed by atoms with Crippen molar-refractivity contribution in [2.75, 3.05) is 20.1 Å². The molecule has 1 aliphatic heterocycles. The minimum atomic E-state index is -0.804. The van der Waals surface area contributed by atoms with Gasteiger partial charge in [0.2, 0.25) is 5.91 Å². The van der Waals surface area contributed by atoms with Crippen LogP contribution < -0.4 is 10.9 Å². The minimum absolute atomic E-state index is 0.171. The van der Waals surface area contributed by atoms with E-state index in [1.165, 1.54) is 42.9 Å². The average Bonchev–Trinajstić information content (AvgIpc) is 3.18. The van der Waals surface area contributed by atoms with Crippen molar-refractivity contribution in [3.8, 4) is 11.8 Å². The number of para-hydroxylation sites is 1. The predicted molar refractivity (Wildman–Crippen MR) is 145 cm³/mol. The highest BCUT2D eigenvalue weighted by Gasteiger charge is 2.24. The van der Waals surface area contributed by atoms with Gasteiger partial charge in [-0.15, -0.1) is 0 Å². The number of likely N-dealkylation sites (tertiary alicyclic amines) is 1. The highest BCUT2D eigenvalue weighted by molar-refractivity contribution is 5.85. The molecule has 7 nitrogen and oxygen atoms in total. The van der Waals surface area contributed by atoms with Gasteiger partial charge in [-0.25, -0.2) is 4.98 Å². The fourth-order valence-electron chi connectivity index (χ4n) is 4.95. The molecular weight excluding hydrogens is 464 g/mol. The van der Waals surface area contributed by atoms with E-state index in [2.05, 4.69) is 39.2 Å². The second-order valence-electron chi connectivity index (χ2n) is 9.55. The zero-order chi connectivity index (χ0) is 26.2. The van der Waals surface area contributed by atoms with Crippen LogP contribution in [0.5, 0.6) is 0 Å². The Morgan fingerprint density at radius 2 is 1.81 bits per heavy atom. The minimum Gasteiger partial charge on any atom is -0.357 e. The molecule has 0 aliphatic carbocycles. The summed E-state index contributed by atoms with van der Waals surface area (Å²) in [5, 5.41) is 2.98. The third-order valence-electron chi connectivity index (χ3n) is 6.93. The Labute approximate surface area is 217 Å². The molecule has 1 amide bonds. The predicted octanol–water partition coefficient (Wildman–Crippen LogP) is 3.75. The van der Waals surface area contributed by atoms with Crippen LogP contribution in [0, 0.1) is 18.8 Å². The Hall–Kier alpha value is -3.76. The molecule has 2 aromatic carbocycles. The van der Waals surface area contributed by atoms with Crippen LogP contribution >= 0.6 is 0 Å². The molecule has 1 fully saturated rings. The quantitative estimate of drug-likeness (QED) is 0.396. The molecule has 0 radical (unpaired) electrons. The lowest BCUT2D eigenvalue weighted by Crippen LogP contribution is -2.37. The average molecular weight is 499 g/mol. The van der Waals surface area contributed by atoms with Crippen LogP contribution in [0.1, 0.15) is 67.1 Å². The zero-order valence-electron chi connectivity index (χ0n) is 21.6. The molecule has 192 valence electrons. The van der Waals surface area contributed by atoms with E-state index in [0.29, 0.717) is 22.3 Å². The lowest BCUT2D eigenvalue weighted by molar-refractivity contribution is -0.124. The van der Waals surface area contributed by atoms with Crippen LogP contribution in [0.3, 0.4) is 0 Å². The molecular formula is C30H34N4O3. The Morgan fingerprint density at radius 1 is 1.08 bits per heavy atom. The Kier molecular flexibility index (Phi) is 8.86. The lowest BCUT2D eigenvalue weighted by atomic mass is 10.1. The van der Waals surface area contributed by atoms with Gasteiger partial charge in [-0.2, -0.15) is 0 Å². The molecule has 7 heteroatoms. The van der Waals surface area contributed by atoms with Crippen LogP contribution in [0.2, 0.25) is 0 Å². The number of fused-ring (bicyclic) bond motifs is 1.